The molecule has 9 atom stereocenters. The summed E-state index contributed by atoms with van der Waals surface area (Å²) in [5.41, 5.74) is 22.7. The normalized spacial score (nSPS) is 14.7. The zero-order chi connectivity index (χ0) is 57.6. The van der Waals surface area contributed by atoms with Gasteiger partial charge in [-0.25, -0.2) is 0 Å². The van der Waals surface area contributed by atoms with E-state index < -0.39 is 182 Å². The number of primary amides is 3. The van der Waals surface area contributed by atoms with Crippen LogP contribution in [0.15, 0.2) is 30.5 Å². The Bertz CT molecular complexity index is 2450. The molecule has 2 rings (SSSR count). The van der Waals surface area contributed by atoms with Gasteiger partial charge >= 0.3 is 11.9 Å². The summed E-state index contributed by atoms with van der Waals surface area (Å²) in [5.74, 6) is -15.3. The van der Waals surface area contributed by atoms with E-state index in [1.54, 1.807) is 44.3 Å². The van der Waals surface area contributed by atoms with Crippen molar-refractivity contribution in [2.75, 3.05) is 6.61 Å². The van der Waals surface area contributed by atoms with Crippen LogP contribution in [-0.4, -0.2) is 158 Å². The van der Waals surface area contributed by atoms with Crippen molar-refractivity contribution in [3.05, 3.63) is 36.0 Å². The van der Waals surface area contributed by atoms with Crippen molar-refractivity contribution < 1.29 is 77.6 Å². The highest BCUT2D eigenvalue weighted by atomic mass is 16.4. The number of benzene rings is 1. The summed E-state index contributed by atoms with van der Waals surface area (Å²) >= 11 is 0. The molecular weight excluding hydrogens is 1000 g/mol. The number of hydrogen-bond donors (Lipinski definition) is 16. The summed E-state index contributed by atoms with van der Waals surface area (Å²) < 4.78 is 0. The number of nitrogens with one attached hydrogen (secondary N) is 9. The maximum Gasteiger partial charge on any atom is 0.325 e. The van der Waals surface area contributed by atoms with Crippen molar-refractivity contribution in [1.29, 1.82) is 0 Å². The molecule has 11 amide bonds. The molecule has 1 aromatic carbocycles. The molecule has 0 radical (unpaired) electrons. The molecule has 1 heterocycles. The first-order chi connectivity index (χ1) is 35.5. The molecule has 0 saturated carbocycles. The first-order valence-corrected chi connectivity index (χ1v) is 24.2. The largest absolute Gasteiger partial charge is 0.481 e. The molecule has 29 nitrogen and oxygen atoms in total. The Hall–Kier alpha value is -8.21. The molecule has 0 aliphatic rings. The number of hydrogen-bond acceptors (Lipinski definition) is 15. The minimum Gasteiger partial charge on any atom is -0.481 e. The van der Waals surface area contributed by atoms with Crippen LogP contribution in [0.5, 0.6) is 0 Å². The highest BCUT2D eigenvalue weighted by Gasteiger charge is 2.37. The van der Waals surface area contributed by atoms with Gasteiger partial charge < -0.3 is 85.8 Å². The van der Waals surface area contributed by atoms with Crippen LogP contribution in [0.4, 0.5) is 0 Å². The summed E-state index contributed by atoms with van der Waals surface area (Å²) in [7, 11) is 0. The molecule has 0 saturated heterocycles. The first kappa shape index (κ1) is 63.9. The molecular formula is C47H71N13O16. The molecule has 2 aromatic rings. The number of H-pyrrole nitrogens is 1. The van der Waals surface area contributed by atoms with Gasteiger partial charge in [-0.05, 0) is 56.1 Å². The number of aliphatic hydroxyl groups is 1. The van der Waals surface area contributed by atoms with Gasteiger partial charge in [0.25, 0.3) is 0 Å². The molecule has 76 heavy (non-hydrogen) atoms. The molecule has 0 aliphatic heterocycles. The molecule has 0 aliphatic carbocycles. The maximum absolute atomic E-state index is 14.3. The minimum atomic E-state index is -2.02. The fourth-order valence-electron chi connectivity index (χ4n) is 7.36. The second-order valence-electron chi connectivity index (χ2n) is 18.8. The van der Waals surface area contributed by atoms with E-state index in [0.717, 1.165) is 6.92 Å². The number of aromatic amines is 1. The van der Waals surface area contributed by atoms with Gasteiger partial charge in [0.05, 0.1) is 13.0 Å². The van der Waals surface area contributed by atoms with Gasteiger partial charge in [-0.2, -0.15) is 0 Å². The Morgan fingerprint density at radius 3 is 1.42 bits per heavy atom. The van der Waals surface area contributed by atoms with Gasteiger partial charge in [0.15, 0.2) is 0 Å². The van der Waals surface area contributed by atoms with E-state index in [2.05, 4.69) is 47.5 Å². The number of nitrogens with two attached hydrogens (primary N) is 4. The Morgan fingerprint density at radius 1 is 0.539 bits per heavy atom. The lowest BCUT2D eigenvalue weighted by Crippen LogP contribution is -2.61. The van der Waals surface area contributed by atoms with Crippen LogP contribution in [0.25, 0.3) is 10.9 Å². The van der Waals surface area contributed by atoms with Gasteiger partial charge in [0.1, 0.15) is 54.4 Å². The number of fused-ring (bicyclic) bond motifs is 1. The van der Waals surface area contributed by atoms with Crippen molar-refractivity contribution in [3.63, 3.8) is 0 Å². The van der Waals surface area contributed by atoms with E-state index in [1.165, 1.54) is 13.8 Å². The summed E-state index contributed by atoms with van der Waals surface area (Å²) in [6.07, 6.45) is -2.72. The van der Waals surface area contributed by atoms with E-state index in [1.807, 2.05) is 0 Å². The SMILES string of the molecule is CC(C)C[C@H](NC(=O)[C@@H](N)CO)C(=O)N[C@@H](CCC(N)=O)C(=O)N[C@@H](CC(=O)O)C(=O)N[C@@H](CCC(N)=O)C(=O)N[C@H](C(=O)N[C@@H](Cc1c[nH]c2ccccc12)C(=O)N[C@@H](CCC(N)=O)C(=O)N[C@@H](C)C(=O)O)C(C)C. The second-order valence-corrected chi connectivity index (χ2v) is 18.8. The topological polar surface area (TPSA) is 499 Å². The second kappa shape index (κ2) is 30.9. The van der Waals surface area contributed by atoms with Crippen LogP contribution in [0, 0.1) is 11.8 Å². The summed E-state index contributed by atoms with van der Waals surface area (Å²) in [5, 5.41) is 48.0. The summed E-state index contributed by atoms with van der Waals surface area (Å²) in [6, 6.07) is -7.36. The third-order valence-corrected chi connectivity index (χ3v) is 11.5. The van der Waals surface area contributed by atoms with Gasteiger partial charge in [-0.15, -0.1) is 0 Å². The van der Waals surface area contributed by atoms with Crippen molar-refractivity contribution in [1.82, 2.24) is 47.5 Å². The molecule has 1 aromatic heterocycles. The van der Waals surface area contributed by atoms with Gasteiger partial charge in [-0.1, -0.05) is 45.9 Å². The quantitative estimate of drug-likeness (QED) is 0.0312. The maximum atomic E-state index is 14.3. The number of aliphatic carboxylic acids is 2. The van der Waals surface area contributed by atoms with E-state index in [4.69, 9.17) is 22.9 Å². The molecule has 0 fully saturated rings. The van der Waals surface area contributed by atoms with E-state index in [9.17, 15) is 77.6 Å². The number of carboxylic acid groups (broad SMARTS) is 2. The van der Waals surface area contributed by atoms with Crippen LogP contribution >= 0.6 is 0 Å². The number of amides is 11. The predicted octanol–water partition coefficient (Wildman–Crippen LogP) is -5.01. The molecule has 420 valence electrons. The smallest absolute Gasteiger partial charge is 0.325 e. The standard InChI is InChI=1S/C47H71N13O16/c1-21(2)16-31(57-39(67)26(48)20-61)43(71)55-29(11-14-35(50)63)41(69)58-33(18-37(65)66)45(73)56-30(12-15-36(51)64)42(70)60-38(22(3)4)46(74)59-32(17-24-19-52-27-9-7-6-8-25(24)27)44(72)54-28(10-13-34(49)62)40(68)53-23(5)47(75)76/h6-9,19,21-23,26,28-33,38,52,61H,10-18,20,48H2,1-5H3,(H2,49,62)(H2,50,63)(H2,51,64)(H,53,68)(H,54,72)(H,55,71)(H,56,73)(H,57,67)(H,58,69)(H,59,74)(H,60,70)(H,65,66)(H,75,76)/t23-,26-,28-,29-,30-,31-,32-,33-,38-/m0/s1. The number of rotatable bonds is 34. The van der Waals surface area contributed by atoms with Crippen LogP contribution in [0.3, 0.4) is 0 Å². The fraction of sp³-hybridized carbons (Fsp3) is 0.553. The molecule has 20 N–H and O–H groups in total. The third kappa shape index (κ3) is 21.7. The number of carbonyl (C=O) groups excluding carboxylic acids is 11. The Kier molecular flexibility index (Phi) is 25.9. The first-order valence-electron chi connectivity index (χ1n) is 24.2. The lowest BCUT2D eigenvalue weighted by Gasteiger charge is -2.29. The van der Waals surface area contributed by atoms with Crippen LogP contribution in [0.2, 0.25) is 0 Å². The predicted molar refractivity (Wildman–Crippen MR) is 268 cm³/mol. The third-order valence-electron chi connectivity index (χ3n) is 11.5. The average molecular weight is 1070 g/mol. The number of para-hydroxylation sites is 1. The Labute approximate surface area is 436 Å². The van der Waals surface area contributed by atoms with Crippen LogP contribution < -0.4 is 65.5 Å². The van der Waals surface area contributed by atoms with Crippen LogP contribution in [-0.2, 0) is 68.7 Å². The zero-order valence-corrected chi connectivity index (χ0v) is 42.8. The van der Waals surface area contributed by atoms with Gasteiger partial charge in [0.2, 0.25) is 65.0 Å². The zero-order valence-electron chi connectivity index (χ0n) is 42.8. The van der Waals surface area contributed by atoms with Crippen molar-refractivity contribution in [2.45, 2.75) is 147 Å². The summed E-state index contributed by atoms with van der Waals surface area (Å²) in [6.45, 7) is 6.80. The van der Waals surface area contributed by atoms with E-state index in [0.29, 0.717) is 16.5 Å². The number of aromatic nitrogens is 1. The summed E-state index contributed by atoms with van der Waals surface area (Å²) in [4.78, 5) is 172. The Balaban J connectivity index is 2.51. The van der Waals surface area contributed by atoms with Crippen molar-refractivity contribution >= 4 is 87.8 Å². The molecule has 0 unspecified atom stereocenters. The number of carboxylic acids is 2. The van der Waals surface area contributed by atoms with E-state index in [-0.39, 0.29) is 25.2 Å². The van der Waals surface area contributed by atoms with E-state index >= 15 is 0 Å². The van der Waals surface area contributed by atoms with Crippen molar-refractivity contribution in [3.8, 4) is 0 Å². The highest BCUT2D eigenvalue weighted by molar-refractivity contribution is 5.99. The lowest BCUT2D eigenvalue weighted by atomic mass is 9.99. The number of carbonyl (C=O) groups is 13. The average Bonchev–Trinajstić information content (AvgIpc) is 3.74. The number of aliphatic hydroxyl groups excluding tert-OH is 1. The monoisotopic (exact) mass is 1070 g/mol. The van der Waals surface area contributed by atoms with Gasteiger partial charge in [-0.3, -0.25) is 62.3 Å². The fourth-order valence-corrected chi connectivity index (χ4v) is 7.36. The molecule has 29 heteroatoms. The molecule has 0 spiro atoms. The van der Waals surface area contributed by atoms with Crippen molar-refractivity contribution in [2.24, 2.45) is 34.8 Å². The molecule has 0 bridgehead atoms. The highest BCUT2D eigenvalue weighted by Crippen LogP contribution is 2.20. The minimum absolute atomic E-state index is 0.00383. The lowest BCUT2D eigenvalue weighted by molar-refractivity contribution is -0.142. The Morgan fingerprint density at radius 2 is 0.961 bits per heavy atom. The van der Waals surface area contributed by atoms with Crippen LogP contribution in [0.1, 0.15) is 91.5 Å². The van der Waals surface area contributed by atoms with Gasteiger partial charge in [0, 0.05) is 42.8 Å².